The Morgan fingerprint density at radius 2 is 1.47 bits per heavy atom. The van der Waals surface area contributed by atoms with E-state index in [4.69, 9.17) is 46.3 Å². The van der Waals surface area contributed by atoms with Crippen LogP contribution in [-0.4, -0.2) is 4.98 Å². The summed E-state index contributed by atoms with van der Waals surface area (Å²) < 4.78 is 0. The number of hydrogen-bond acceptors (Lipinski definition) is 3. The minimum atomic E-state index is 0.294. The van der Waals surface area contributed by atoms with E-state index in [1.54, 1.807) is 24.3 Å². The van der Waals surface area contributed by atoms with Crippen molar-refractivity contribution in [2.45, 2.75) is 0 Å². The number of pyridine rings is 1. The van der Waals surface area contributed by atoms with E-state index in [1.807, 2.05) is 0 Å². The second kappa shape index (κ2) is 4.61. The summed E-state index contributed by atoms with van der Waals surface area (Å²) >= 11 is 17.9. The van der Waals surface area contributed by atoms with Crippen LogP contribution in [0.2, 0.25) is 15.1 Å². The fourth-order valence-electron chi connectivity index (χ4n) is 1.45. The van der Waals surface area contributed by atoms with Crippen molar-refractivity contribution >= 4 is 46.4 Å². The standard InChI is InChI=1S/C11H8Cl3N3/c12-7-3-1-5(9(13)10(7)14)6-2-4-8(15)17-11(6)16/h1-4H,(H4,15,16,17). The molecule has 17 heavy (non-hydrogen) atoms. The van der Waals surface area contributed by atoms with E-state index in [0.717, 1.165) is 0 Å². The molecule has 2 aromatic rings. The minimum absolute atomic E-state index is 0.294. The molecule has 0 spiro atoms. The molecule has 0 atom stereocenters. The molecule has 3 nitrogen and oxygen atoms in total. The Morgan fingerprint density at radius 3 is 2.12 bits per heavy atom. The maximum absolute atomic E-state index is 6.11. The van der Waals surface area contributed by atoms with E-state index in [9.17, 15) is 0 Å². The number of nitrogen functional groups attached to an aromatic ring is 2. The quantitative estimate of drug-likeness (QED) is 0.783. The Hall–Kier alpha value is -1.16. The number of benzene rings is 1. The molecule has 2 rings (SSSR count). The highest BCUT2D eigenvalue weighted by atomic mass is 35.5. The average Bonchev–Trinajstić information content (AvgIpc) is 2.28. The third-order valence-electron chi connectivity index (χ3n) is 2.27. The number of hydrogen-bond donors (Lipinski definition) is 2. The van der Waals surface area contributed by atoms with Crippen molar-refractivity contribution in [2.24, 2.45) is 0 Å². The van der Waals surface area contributed by atoms with Crippen LogP contribution in [-0.2, 0) is 0 Å². The van der Waals surface area contributed by atoms with Gasteiger partial charge in [0.25, 0.3) is 0 Å². The van der Waals surface area contributed by atoms with E-state index in [-0.39, 0.29) is 0 Å². The summed E-state index contributed by atoms with van der Waals surface area (Å²) in [5.74, 6) is 0.646. The van der Waals surface area contributed by atoms with E-state index in [1.165, 1.54) is 0 Å². The monoisotopic (exact) mass is 287 g/mol. The fraction of sp³-hybridized carbons (Fsp3) is 0. The van der Waals surface area contributed by atoms with E-state index in [2.05, 4.69) is 4.98 Å². The molecule has 0 amide bonds. The van der Waals surface area contributed by atoms with Crippen LogP contribution in [0.3, 0.4) is 0 Å². The summed E-state index contributed by atoms with van der Waals surface area (Å²) in [6.07, 6.45) is 0. The number of nitrogens with two attached hydrogens (primary N) is 2. The molecule has 6 heteroatoms. The van der Waals surface area contributed by atoms with Crippen molar-refractivity contribution in [3.8, 4) is 11.1 Å². The highest BCUT2D eigenvalue weighted by Crippen LogP contribution is 2.39. The predicted molar refractivity (Wildman–Crippen MR) is 73.5 cm³/mol. The lowest BCUT2D eigenvalue weighted by Gasteiger charge is -2.09. The number of rotatable bonds is 1. The normalized spacial score (nSPS) is 10.5. The van der Waals surface area contributed by atoms with Gasteiger partial charge in [0.1, 0.15) is 11.6 Å². The summed E-state index contributed by atoms with van der Waals surface area (Å²) in [6, 6.07) is 6.77. The molecular weight excluding hydrogens is 281 g/mol. The molecule has 1 heterocycles. The van der Waals surface area contributed by atoms with Gasteiger partial charge in [-0.3, -0.25) is 0 Å². The molecule has 4 N–H and O–H groups in total. The highest BCUT2D eigenvalue weighted by molar-refractivity contribution is 6.49. The van der Waals surface area contributed by atoms with Crippen molar-refractivity contribution in [1.29, 1.82) is 0 Å². The van der Waals surface area contributed by atoms with Gasteiger partial charge < -0.3 is 11.5 Å². The lowest BCUT2D eigenvalue weighted by atomic mass is 10.1. The molecule has 88 valence electrons. The number of aromatic nitrogens is 1. The van der Waals surface area contributed by atoms with Gasteiger partial charge in [0.05, 0.1) is 15.1 Å². The molecular formula is C11H8Cl3N3. The topological polar surface area (TPSA) is 64.9 Å². The largest absolute Gasteiger partial charge is 0.384 e. The molecule has 0 aliphatic rings. The van der Waals surface area contributed by atoms with E-state index in [0.29, 0.717) is 37.8 Å². The Morgan fingerprint density at radius 1 is 0.824 bits per heavy atom. The van der Waals surface area contributed by atoms with Crippen molar-refractivity contribution in [3.63, 3.8) is 0 Å². The zero-order valence-electron chi connectivity index (χ0n) is 8.55. The smallest absolute Gasteiger partial charge is 0.133 e. The third kappa shape index (κ3) is 2.27. The van der Waals surface area contributed by atoms with Gasteiger partial charge in [0.2, 0.25) is 0 Å². The first-order chi connectivity index (χ1) is 8.00. The SMILES string of the molecule is Nc1ccc(-c2ccc(Cl)c(Cl)c2Cl)c(N)n1. The Bertz CT molecular complexity index is 584. The average molecular weight is 289 g/mol. The van der Waals surface area contributed by atoms with Crippen molar-refractivity contribution in [1.82, 2.24) is 4.98 Å². The number of halogens is 3. The Kier molecular flexibility index (Phi) is 3.33. The van der Waals surface area contributed by atoms with E-state index >= 15 is 0 Å². The second-order valence-electron chi connectivity index (χ2n) is 3.39. The number of anilines is 2. The zero-order valence-corrected chi connectivity index (χ0v) is 10.8. The van der Waals surface area contributed by atoms with Crippen molar-refractivity contribution in [2.75, 3.05) is 11.5 Å². The van der Waals surface area contributed by atoms with Crippen LogP contribution in [0.25, 0.3) is 11.1 Å². The predicted octanol–water partition coefficient (Wildman–Crippen LogP) is 3.87. The summed E-state index contributed by atoms with van der Waals surface area (Å²) in [4.78, 5) is 3.96. The van der Waals surface area contributed by atoms with Crippen LogP contribution in [0.1, 0.15) is 0 Å². The summed E-state index contributed by atoms with van der Waals surface area (Å²) in [7, 11) is 0. The van der Waals surface area contributed by atoms with Gasteiger partial charge in [-0.25, -0.2) is 4.98 Å². The van der Waals surface area contributed by atoms with Gasteiger partial charge in [-0.2, -0.15) is 0 Å². The molecule has 0 saturated heterocycles. The molecule has 1 aromatic carbocycles. The minimum Gasteiger partial charge on any atom is -0.384 e. The maximum atomic E-state index is 6.11. The summed E-state index contributed by atoms with van der Waals surface area (Å²) in [5.41, 5.74) is 12.7. The van der Waals surface area contributed by atoms with Crippen LogP contribution in [0.5, 0.6) is 0 Å². The summed E-state index contributed by atoms with van der Waals surface area (Å²) in [5, 5.41) is 1.03. The first-order valence-corrected chi connectivity index (χ1v) is 5.80. The molecule has 0 bridgehead atoms. The van der Waals surface area contributed by atoms with Gasteiger partial charge in [0.15, 0.2) is 0 Å². The molecule has 0 saturated carbocycles. The van der Waals surface area contributed by atoms with Gasteiger partial charge >= 0.3 is 0 Å². The van der Waals surface area contributed by atoms with E-state index < -0.39 is 0 Å². The van der Waals surface area contributed by atoms with Crippen LogP contribution >= 0.6 is 34.8 Å². The van der Waals surface area contributed by atoms with Gasteiger partial charge in [-0.05, 0) is 18.2 Å². The second-order valence-corrected chi connectivity index (χ2v) is 4.55. The molecule has 0 aliphatic carbocycles. The molecule has 0 unspecified atom stereocenters. The van der Waals surface area contributed by atoms with Crippen molar-refractivity contribution in [3.05, 3.63) is 39.3 Å². The Labute approximate surface area is 113 Å². The maximum Gasteiger partial charge on any atom is 0.133 e. The first kappa shape index (κ1) is 12.3. The van der Waals surface area contributed by atoms with Gasteiger partial charge in [-0.15, -0.1) is 0 Å². The van der Waals surface area contributed by atoms with Crippen LogP contribution < -0.4 is 11.5 Å². The first-order valence-electron chi connectivity index (χ1n) is 4.66. The van der Waals surface area contributed by atoms with Gasteiger partial charge in [0, 0.05) is 11.1 Å². The van der Waals surface area contributed by atoms with Crippen LogP contribution in [0, 0.1) is 0 Å². The molecule has 0 aliphatic heterocycles. The number of nitrogens with zero attached hydrogens (tertiary/aromatic N) is 1. The molecule has 1 aromatic heterocycles. The Balaban J connectivity index is 2.65. The fourth-order valence-corrected chi connectivity index (χ4v) is 2.09. The van der Waals surface area contributed by atoms with Crippen molar-refractivity contribution < 1.29 is 0 Å². The zero-order chi connectivity index (χ0) is 12.6. The molecule has 0 fully saturated rings. The third-order valence-corrected chi connectivity index (χ3v) is 3.57. The highest BCUT2D eigenvalue weighted by Gasteiger charge is 2.13. The molecule has 0 radical (unpaired) electrons. The van der Waals surface area contributed by atoms with Crippen LogP contribution in [0.15, 0.2) is 24.3 Å². The summed E-state index contributed by atoms with van der Waals surface area (Å²) in [6.45, 7) is 0. The lowest BCUT2D eigenvalue weighted by molar-refractivity contribution is 1.34. The van der Waals surface area contributed by atoms with Gasteiger partial charge in [-0.1, -0.05) is 40.9 Å². The van der Waals surface area contributed by atoms with Crippen LogP contribution in [0.4, 0.5) is 11.6 Å². The lowest BCUT2D eigenvalue weighted by Crippen LogP contribution is -1.98.